The summed E-state index contributed by atoms with van der Waals surface area (Å²) in [5.41, 5.74) is 6.06. The van der Waals surface area contributed by atoms with Gasteiger partial charge in [-0.2, -0.15) is 0 Å². The van der Waals surface area contributed by atoms with Crippen LogP contribution < -0.4 is 10.3 Å². The molecule has 1 aromatic rings. The SMILES string of the molecule is CO[P+](=O)Oc1ccc(N)cc1. The molecule has 0 amide bonds. The normalized spacial score (nSPS) is 10.9. The van der Waals surface area contributed by atoms with Gasteiger partial charge in [-0.15, -0.1) is 4.52 Å². The number of benzene rings is 1. The molecule has 0 aliphatic rings. The number of hydrogen-bond acceptors (Lipinski definition) is 4. The molecule has 5 heteroatoms. The number of nitrogen functional groups attached to an aromatic ring is 1. The predicted octanol–water partition coefficient (Wildman–Crippen LogP) is 1.95. The minimum atomic E-state index is -2.06. The van der Waals surface area contributed by atoms with E-state index in [1.165, 1.54) is 7.11 Å². The first-order valence-corrected chi connectivity index (χ1v) is 4.37. The summed E-state index contributed by atoms with van der Waals surface area (Å²) in [6, 6.07) is 6.57. The average Bonchev–Trinajstić information content (AvgIpc) is 2.09. The lowest BCUT2D eigenvalue weighted by Gasteiger charge is -1.92. The Hall–Kier alpha value is -1.12. The van der Waals surface area contributed by atoms with E-state index in [9.17, 15) is 4.57 Å². The molecule has 64 valence electrons. The first-order chi connectivity index (χ1) is 5.72. The highest BCUT2D eigenvalue weighted by Gasteiger charge is 2.18. The van der Waals surface area contributed by atoms with Gasteiger partial charge in [0.1, 0.15) is 0 Å². The molecule has 4 nitrogen and oxygen atoms in total. The van der Waals surface area contributed by atoms with Crippen LogP contribution in [0, 0.1) is 0 Å². The standard InChI is InChI=1S/C7H9NO3P/c1-10-12(9)11-7-4-2-6(8)3-5-7/h2-5H,8H2,1H3/q+1. The molecule has 0 heterocycles. The monoisotopic (exact) mass is 186 g/mol. The Morgan fingerprint density at radius 1 is 1.33 bits per heavy atom. The molecule has 1 rings (SSSR count). The molecule has 0 aliphatic heterocycles. The van der Waals surface area contributed by atoms with Crippen molar-refractivity contribution in [2.45, 2.75) is 0 Å². The summed E-state index contributed by atoms with van der Waals surface area (Å²) < 4.78 is 20.0. The van der Waals surface area contributed by atoms with Gasteiger partial charge >= 0.3 is 8.25 Å². The Balaban J connectivity index is 2.64. The molecule has 0 aromatic heterocycles. The van der Waals surface area contributed by atoms with Crippen molar-refractivity contribution in [3.05, 3.63) is 24.3 Å². The second-order valence-corrected chi connectivity index (χ2v) is 3.06. The molecule has 0 fully saturated rings. The van der Waals surface area contributed by atoms with Crippen LogP contribution in [-0.2, 0) is 9.09 Å². The summed E-state index contributed by atoms with van der Waals surface area (Å²) in [6.45, 7) is 0. The van der Waals surface area contributed by atoms with Crippen molar-refractivity contribution < 1.29 is 13.6 Å². The molecule has 0 saturated heterocycles. The molecule has 0 saturated carbocycles. The van der Waals surface area contributed by atoms with E-state index in [4.69, 9.17) is 10.3 Å². The van der Waals surface area contributed by atoms with E-state index in [0.29, 0.717) is 11.4 Å². The third-order valence-corrected chi connectivity index (χ3v) is 1.87. The molecule has 0 radical (unpaired) electrons. The van der Waals surface area contributed by atoms with Crippen molar-refractivity contribution in [2.75, 3.05) is 12.8 Å². The number of nitrogens with two attached hydrogens (primary N) is 1. The lowest BCUT2D eigenvalue weighted by atomic mass is 10.3. The highest BCUT2D eigenvalue weighted by Crippen LogP contribution is 2.26. The zero-order valence-corrected chi connectivity index (χ0v) is 7.45. The van der Waals surface area contributed by atoms with Gasteiger partial charge in [0.2, 0.25) is 0 Å². The molecule has 12 heavy (non-hydrogen) atoms. The first-order valence-electron chi connectivity index (χ1n) is 3.27. The van der Waals surface area contributed by atoms with Gasteiger partial charge in [-0.05, 0) is 24.3 Å². The van der Waals surface area contributed by atoms with Gasteiger partial charge in [0.05, 0.1) is 7.11 Å². The molecule has 2 N–H and O–H groups in total. The fraction of sp³-hybridized carbons (Fsp3) is 0.143. The lowest BCUT2D eigenvalue weighted by molar-refractivity contribution is 0.349. The molecule has 0 aliphatic carbocycles. The second kappa shape index (κ2) is 4.04. The minimum Gasteiger partial charge on any atom is -0.399 e. The highest BCUT2D eigenvalue weighted by molar-refractivity contribution is 7.33. The molecular formula is C7H9NO3P+. The van der Waals surface area contributed by atoms with Crippen LogP contribution in [0.3, 0.4) is 0 Å². The van der Waals surface area contributed by atoms with Gasteiger partial charge in [0.15, 0.2) is 5.75 Å². The van der Waals surface area contributed by atoms with Crippen LogP contribution in [0.25, 0.3) is 0 Å². The van der Waals surface area contributed by atoms with Crippen LogP contribution in [0.15, 0.2) is 24.3 Å². The summed E-state index contributed by atoms with van der Waals surface area (Å²) in [5, 5.41) is 0. The number of hydrogen-bond donors (Lipinski definition) is 1. The van der Waals surface area contributed by atoms with E-state index in [1.54, 1.807) is 24.3 Å². The third kappa shape index (κ3) is 2.49. The fourth-order valence-corrected chi connectivity index (χ4v) is 1.02. The number of anilines is 1. The Morgan fingerprint density at radius 3 is 2.42 bits per heavy atom. The predicted molar refractivity (Wildman–Crippen MR) is 46.1 cm³/mol. The quantitative estimate of drug-likeness (QED) is 0.578. The van der Waals surface area contributed by atoms with Crippen molar-refractivity contribution >= 4 is 13.9 Å². The van der Waals surface area contributed by atoms with Gasteiger partial charge in [-0.3, -0.25) is 0 Å². The van der Waals surface area contributed by atoms with Gasteiger partial charge in [0, 0.05) is 10.3 Å². The topological polar surface area (TPSA) is 61.5 Å². The summed E-state index contributed by atoms with van der Waals surface area (Å²) in [7, 11) is -0.740. The highest BCUT2D eigenvalue weighted by atomic mass is 31.1. The Bertz CT molecular complexity index is 272. The minimum absolute atomic E-state index is 0.479. The zero-order valence-electron chi connectivity index (χ0n) is 6.56. The summed E-state index contributed by atoms with van der Waals surface area (Å²) in [5.74, 6) is 0.479. The van der Waals surface area contributed by atoms with Gasteiger partial charge in [0.25, 0.3) is 0 Å². The summed E-state index contributed by atoms with van der Waals surface area (Å²) >= 11 is 0. The lowest BCUT2D eigenvalue weighted by Crippen LogP contribution is -1.85. The third-order valence-electron chi connectivity index (χ3n) is 1.21. The largest absolute Gasteiger partial charge is 0.749 e. The van der Waals surface area contributed by atoms with Gasteiger partial charge in [-0.25, -0.2) is 4.52 Å². The van der Waals surface area contributed by atoms with Crippen LogP contribution in [0.4, 0.5) is 5.69 Å². The Kier molecular flexibility index (Phi) is 3.02. The Labute approximate surface area is 71.2 Å². The van der Waals surface area contributed by atoms with E-state index >= 15 is 0 Å². The van der Waals surface area contributed by atoms with Crippen molar-refractivity contribution in [3.63, 3.8) is 0 Å². The number of rotatable bonds is 3. The van der Waals surface area contributed by atoms with Crippen molar-refractivity contribution in [1.29, 1.82) is 0 Å². The maximum atomic E-state index is 10.7. The molecule has 1 aromatic carbocycles. The van der Waals surface area contributed by atoms with Crippen molar-refractivity contribution in [1.82, 2.24) is 0 Å². The van der Waals surface area contributed by atoms with Gasteiger partial charge in [-0.1, -0.05) is 0 Å². The summed E-state index contributed by atoms with van der Waals surface area (Å²) in [6.07, 6.45) is 0. The molecule has 1 unspecified atom stereocenters. The van der Waals surface area contributed by atoms with E-state index in [-0.39, 0.29) is 0 Å². The van der Waals surface area contributed by atoms with E-state index in [1.807, 2.05) is 0 Å². The maximum Gasteiger partial charge on any atom is 0.749 e. The molecule has 1 atom stereocenters. The Morgan fingerprint density at radius 2 is 1.92 bits per heavy atom. The fourth-order valence-electron chi connectivity index (χ4n) is 0.652. The smallest absolute Gasteiger partial charge is 0.399 e. The molecular weight excluding hydrogens is 177 g/mol. The van der Waals surface area contributed by atoms with E-state index in [2.05, 4.69) is 4.52 Å². The zero-order chi connectivity index (χ0) is 8.97. The van der Waals surface area contributed by atoms with E-state index in [0.717, 1.165) is 0 Å². The van der Waals surface area contributed by atoms with Crippen LogP contribution >= 0.6 is 8.25 Å². The first kappa shape index (κ1) is 8.97. The van der Waals surface area contributed by atoms with Crippen LogP contribution in [-0.4, -0.2) is 7.11 Å². The average molecular weight is 186 g/mol. The van der Waals surface area contributed by atoms with Crippen LogP contribution in [0.5, 0.6) is 5.75 Å². The van der Waals surface area contributed by atoms with Crippen LogP contribution in [0.2, 0.25) is 0 Å². The van der Waals surface area contributed by atoms with E-state index < -0.39 is 8.25 Å². The van der Waals surface area contributed by atoms with Gasteiger partial charge < -0.3 is 5.73 Å². The summed E-state index contributed by atoms with van der Waals surface area (Å²) in [4.78, 5) is 0. The van der Waals surface area contributed by atoms with Crippen molar-refractivity contribution in [2.24, 2.45) is 0 Å². The molecule has 0 bridgehead atoms. The van der Waals surface area contributed by atoms with Crippen LogP contribution in [0.1, 0.15) is 0 Å². The molecule has 0 spiro atoms. The maximum absolute atomic E-state index is 10.7. The van der Waals surface area contributed by atoms with Crippen molar-refractivity contribution in [3.8, 4) is 5.75 Å². The second-order valence-electron chi connectivity index (χ2n) is 2.07.